The van der Waals surface area contributed by atoms with E-state index in [1.807, 2.05) is 33.8 Å². The van der Waals surface area contributed by atoms with E-state index < -0.39 is 6.03 Å². The lowest BCUT2D eigenvalue weighted by atomic mass is 10.1. The third-order valence-corrected chi connectivity index (χ3v) is 2.99. The Hall–Kier alpha value is -2.44. The Morgan fingerprint density at radius 2 is 1.91 bits per heavy atom. The van der Waals surface area contributed by atoms with Crippen LogP contribution in [0, 0.1) is 13.8 Å². The number of ether oxygens (including phenoxy) is 2. The summed E-state index contributed by atoms with van der Waals surface area (Å²) in [4.78, 5) is 15.6. The molecule has 0 aliphatic rings. The van der Waals surface area contributed by atoms with Crippen molar-refractivity contribution in [2.75, 3.05) is 25.6 Å². The molecule has 0 aromatic heterocycles. The van der Waals surface area contributed by atoms with Gasteiger partial charge in [0.25, 0.3) is 0 Å². The minimum absolute atomic E-state index is 0.0452. The van der Waals surface area contributed by atoms with Crippen LogP contribution in [0.3, 0.4) is 0 Å². The number of amides is 2. The van der Waals surface area contributed by atoms with E-state index in [0.29, 0.717) is 30.4 Å². The Morgan fingerprint density at radius 1 is 1.27 bits per heavy atom. The lowest BCUT2D eigenvalue weighted by Gasteiger charge is -2.19. The highest BCUT2D eigenvalue weighted by Gasteiger charge is 2.17. The number of hydrogen-bond donors (Lipinski definition) is 3. The minimum atomic E-state index is -0.457. The molecule has 0 spiro atoms. The second kappa shape index (κ2) is 8.11. The molecule has 1 rings (SSSR count). The average Bonchev–Trinajstić information content (AvgIpc) is 2.47. The molecule has 0 atom stereocenters. The molecule has 0 aliphatic heterocycles. The number of benzene rings is 1. The summed E-state index contributed by atoms with van der Waals surface area (Å²) in [7, 11) is 1.50. The van der Waals surface area contributed by atoms with Gasteiger partial charge < -0.3 is 20.5 Å². The van der Waals surface area contributed by atoms with Crippen molar-refractivity contribution in [1.29, 1.82) is 0 Å². The van der Waals surface area contributed by atoms with E-state index in [4.69, 9.17) is 15.2 Å². The highest BCUT2D eigenvalue weighted by molar-refractivity contribution is 6.02. The fourth-order valence-corrected chi connectivity index (χ4v) is 2.02. The number of aryl methyl sites for hydroxylation is 1. The predicted molar refractivity (Wildman–Crippen MR) is 88.0 cm³/mol. The molecule has 1 aromatic carbocycles. The smallest absolute Gasteiger partial charge is 0.326 e. The standard InChI is InChI=1S/C15H24N4O3/c1-6-21-11-8-9(3)12(10(4)13(11)22-7-2)18-15(20)19-14(16)17-5/h8H,6-7H2,1-5H3,(H4,16,17,18,19,20). The van der Waals surface area contributed by atoms with Crippen LogP contribution in [0.5, 0.6) is 11.5 Å². The van der Waals surface area contributed by atoms with Crippen molar-refractivity contribution in [3.8, 4) is 11.5 Å². The monoisotopic (exact) mass is 308 g/mol. The topological polar surface area (TPSA) is 98.0 Å². The van der Waals surface area contributed by atoms with Gasteiger partial charge in [0.2, 0.25) is 0 Å². The number of anilines is 1. The summed E-state index contributed by atoms with van der Waals surface area (Å²) in [5.41, 5.74) is 7.80. The first-order chi connectivity index (χ1) is 10.4. The first-order valence-electron chi connectivity index (χ1n) is 7.14. The highest BCUT2D eigenvalue weighted by Crippen LogP contribution is 2.38. The molecule has 4 N–H and O–H groups in total. The molecule has 2 amide bonds. The molecule has 7 nitrogen and oxygen atoms in total. The van der Waals surface area contributed by atoms with Crippen LogP contribution in [-0.4, -0.2) is 32.3 Å². The molecule has 0 bridgehead atoms. The van der Waals surface area contributed by atoms with E-state index in [2.05, 4.69) is 15.6 Å². The molecule has 0 aliphatic carbocycles. The SMILES string of the molecule is CCOc1cc(C)c(NC(=O)NC(N)=NC)c(C)c1OCC. The third-order valence-electron chi connectivity index (χ3n) is 2.99. The molecule has 0 fully saturated rings. The van der Waals surface area contributed by atoms with Gasteiger partial charge in [0.1, 0.15) is 0 Å². The summed E-state index contributed by atoms with van der Waals surface area (Å²) in [5.74, 6) is 1.34. The molecule has 1 aromatic rings. The van der Waals surface area contributed by atoms with Crippen molar-refractivity contribution in [2.45, 2.75) is 27.7 Å². The van der Waals surface area contributed by atoms with Gasteiger partial charge in [-0.15, -0.1) is 0 Å². The zero-order valence-electron chi connectivity index (χ0n) is 13.7. The molecule has 0 saturated carbocycles. The van der Waals surface area contributed by atoms with Gasteiger partial charge in [-0.2, -0.15) is 0 Å². The number of aliphatic imine (C=N–C) groups is 1. The van der Waals surface area contributed by atoms with Crippen LogP contribution in [0.25, 0.3) is 0 Å². The molecule has 0 unspecified atom stereocenters. The summed E-state index contributed by atoms with van der Waals surface area (Å²) < 4.78 is 11.3. The van der Waals surface area contributed by atoms with Gasteiger partial charge >= 0.3 is 6.03 Å². The van der Waals surface area contributed by atoms with Gasteiger partial charge in [-0.3, -0.25) is 10.3 Å². The second-order valence-electron chi connectivity index (χ2n) is 4.57. The van der Waals surface area contributed by atoms with Crippen LogP contribution in [0.1, 0.15) is 25.0 Å². The fraction of sp³-hybridized carbons (Fsp3) is 0.467. The summed E-state index contributed by atoms with van der Waals surface area (Å²) in [5, 5.41) is 5.19. The predicted octanol–water partition coefficient (Wildman–Crippen LogP) is 2.17. The van der Waals surface area contributed by atoms with Gasteiger partial charge in [0, 0.05) is 12.6 Å². The molecular weight excluding hydrogens is 284 g/mol. The highest BCUT2D eigenvalue weighted by atomic mass is 16.5. The van der Waals surface area contributed by atoms with Crippen LogP contribution < -0.4 is 25.8 Å². The van der Waals surface area contributed by atoms with Gasteiger partial charge in [0.15, 0.2) is 17.5 Å². The van der Waals surface area contributed by atoms with E-state index in [9.17, 15) is 4.79 Å². The van der Waals surface area contributed by atoms with E-state index in [-0.39, 0.29) is 5.96 Å². The maximum Gasteiger partial charge on any atom is 0.326 e. The molecule has 7 heteroatoms. The van der Waals surface area contributed by atoms with Gasteiger partial charge in [-0.05, 0) is 39.3 Å². The molecule has 22 heavy (non-hydrogen) atoms. The number of nitrogens with one attached hydrogen (secondary N) is 2. The lowest BCUT2D eigenvalue weighted by Crippen LogP contribution is -2.39. The van der Waals surface area contributed by atoms with Crippen molar-refractivity contribution in [1.82, 2.24) is 5.32 Å². The Kier molecular flexibility index (Phi) is 6.49. The van der Waals surface area contributed by atoms with Crippen LogP contribution >= 0.6 is 0 Å². The largest absolute Gasteiger partial charge is 0.490 e. The summed E-state index contributed by atoms with van der Waals surface area (Å²) in [6.45, 7) is 8.60. The van der Waals surface area contributed by atoms with Crippen LogP contribution in [0.15, 0.2) is 11.1 Å². The number of nitrogens with two attached hydrogens (primary N) is 1. The van der Waals surface area contributed by atoms with E-state index in [0.717, 1.165) is 11.1 Å². The van der Waals surface area contributed by atoms with Crippen molar-refractivity contribution in [3.63, 3.8) is 0 Å². The minimum Gasteiger partial charge on any atom is -0.490 e. The summed E-state index contributed by atoms with van der Waals surface area (Å²) >= 11 is 0. The normalized spacial score (nSPS) is 11.0. The van der Waals surface area contributed by atoms with Gasteiger partial charge in [0.05, 0.1) is 18.9 Å². The number of rotatable bonds is 5. The van der Waals surface area contributed by atoms with Crippen LogP contribution in [0.2, 0.25) is 0 Å². The quantitative estimate of drug-likeness (QED) is 0.573. The van der Waals surface area contributed by atoms with Crippen molar-refractivity contribution in [2.24, 2.45) is 10.7 Å². The van der Waals surface area contributed by atoms with Crippen LogP contribution in [-0.2, 0) is 0 Å². The first kappa shape index (κ1) is 17.6. The number of carbonyl (C=O) groups excluding carboxylic acids is 1. The molecule has 0 radical (unpaired) electrons. The number of urea groups is 1. The average molecular weight is 308 g/mol. The van der Waals surface area contributed by atoms with Gasteiger partial charge in [-0.25, -0.2) is 4.79 Å². The van der Waals surface area contributed by atoms with Crippen molar-refractivity contribution in [3.05, 3.63) is 17.2 Å². The molecule has 0 saturated heterocycles. The Labute approximate surface area is 130 Å². The summed E-state index contributed by atoms with van der Waals surface area (Å²) in [6, 6.07) is 1.38. The van der Waals surface area contributed by atoms with Crippen molar-refractivity contribution >= 4 is 17.7 Å². The lowest BCUT2D eigenvalue weighted by molar-refractivity contribution is 0.256. The number of guanidine groups is 1. The van der Waals surface area contributed by atoms with Crippen molar-refractivity contribution < 1.29 is 14.3 Å². The second-order valence-corrected chi connectivity index (χ2v) is 4.57. The number of nitrogens with zero attached hydrogens (tertiary/aromatic N) is 1. The molecule has 122 valence electrons. The van der Waals surface area contributed by atoms with E-state index in [1.54, 1.807) is 0 Å². The maximum absolute atomic E-state index is 11.9. The number of hydrogen-bond acceptors (Lipinski definition) is 4. The van der Waals surface area contributed by atoms with Crippen LogP contribution in [0.4, 0.5) is 10.5 Å². The number of carbonyl (C=O) groups is 1. The fourth-order valence-electron chi connectivity index (χ4n) is 2.02. The Bertz CT molecular complexity index is 570. The van der Waals surface area contributed by atoms with Gasteiger partial charge in [-0.1, -0.05) is 0 Å². The zero-order chi connectivity index (χ0) is 16.7. The zero-order valence-corrected chi connectivity index (χ0v) is 13.7. The van der Waals surface area contributed by atoms with E-state index >= 15 is 0 Å². The Balaban J connectivity index is 3.14. The molecule has 0 heterocycles. The first-order valence-corrected chi connectivity index (χ1v) is 7.14. The third kappa shape index (κ3) is 4.28. The Morgan fingerprint density at radius 3 is 2.45 bits per heavy atom. The molecular formula is C15H24N4O3. The maximum atomic E-state index is 11.9. The van der Waals surface area contributed by atoms with E-state index in [1.165, 1.54) is 7.05 Å². The summed E-state index contributed by atoms with van der Waals surface area (Å²) in [6.07, 6.45) is 0.